The van der Waals surface area contributed by atoms with E-state index in [-0.39, 0.29) is 23.2 Å². The van der Waals surface area contributed by atoms with E-state index in [4.69, 9.17) is 9.84 Å². The summed E-state index contributed by atoms with van der Waals surface area (Å²) in [4.78, 5) is 0. The third-order valence-electron chi connectivity index (χ3n) is 2.85. The maximum absolute atomic E-state index is 13.7. The Hall–Kier alpha value is -1.46. The standard InChI is InChI=1S/C15H13BrF2O2/c16-13-5-6-14(17)12(15(13)18)9-20-11-3-1-10(2-4-11)7-8-19/h1-6,19H,7-9H2. The van der Waals surface area contributed by atoms with Gasteiger partial charge in [-0.2, -0.15) is 0 Å². The van der Waals surface area contributed by atoms with Crippen LogP contribution in [0.2, 0.25) is 0 Å². The second kappa shape index (κ2) is 6.81. The van der Waals surface area contributed by atoms with Gasteiger partial charge >= 0.3 is 0 Å². The molecule has 5 heteroatoms. The van der Waals surface area contributed by atoms with Crippen LogP contribution >= 0.6 is 15.9 Å². The van der Waals surface area contributed by atoms with Gasteiger partial charge in [-0.05, 0) is 52.2 Å². The minimum absolute atomic E-state index is 0.0780. The normalized spacial score (nSPS) is 10.6. The predicted octanol–water partition coefficient (Wildman–Crippen LogP) is 3.84. The molecule has 0 unspecified atom stereocenters. The van der Waals surface area contributed by atoms with Gasteiger partial charge in [0.2, 0.25) is 0 Å². The van der Waals surface area contributed by atoms with Gasteiger partial charge in [0.25, 0.3) is 0 Å². The molecule has 0 saturated heterocycles. The summed E-state index contributed by atoms with van der Waals surface area (Å²) in [7, 11) is 0. The number of ether oxygens (including phenoxy) is 1. The van der Waals surface area contributed by atoms with E-state index in [1.54, 1.807) is 24.3 Å². The van der Waals surface area contributed by atoms with E-state index in [1.165, 1.54) is 12.1 Å². The van der Waals surface area contributed by atoms with Crippen molar-refractivity contribution >= 4 is 15.9 Å². The van der Waals surface area contributed by atoms with Crippen LogP contribution in [0.15, 0.2) is 40.9 Å². The molecular weight excluding hydrogens is 330 g/mol. The Morgan fingerprint density at radius 2 is 1.75 bits per heavy atom. The molecule has 0 atom stereocenters. The van der Waals surface area contributed by atoms with Crippen molar-refractivity contribution in [3.8, 4) is 5.75 Å². The second-order valence-electron chi connectivity index (χ2n) is 4.23. The van der Waals surface area contributed by atoms with Crippen LogP contribution in [0.4, 0.5) is 8.78 Å². The highest BCUT2D eigenvalue weighted by Gasteiger charge is 2.12. The van der Waals surface area contributed by atoms with E-state index in [1.807, 2.05) is 0 Å². The van der Waals surface area contributed by atoms with Gasteiger partial charge in [-0.3, -0.25) is 0 Å². The van der Waals surface area contributed by atoms with Crippen LogP contribution in [0, 0.1) is 11.6 Å². The van der Waals surface area contributed by atoms with Gasteiger partial charge < -0.3 is 9.84 Å². The summed E-state index contributed by atoms with van der Waals surface area (Å²) in [5.41, 5.74) is 0.860. The van der Waals surface area contributed by atoms with Crippen molar-refractivity contribution in [1.29, 1.82) is 0 Å². The van der Waals surface area contributed by atoms with Crippen molar-refractivity contribution in [3.63, 3.8) is 0 Å². The van der Waals surface area contributed by atoms with Gasteiger partial charge in [0.15, 0.2) is 0 Å². The summed E-state index contributed by atoms with van der Waals surface area (Å²) in [6.45, 7) is -0.106. The molecule has 20 heavy (non-hydrogen) atoms. The Bertz CT molecular complexity index is 585. The van der Waals surface area contributed by atoms with Crippen molar-refractivity contribution < 1.29 is 18.6 Å². The molecular formula is C15H13BrF2O2. The van der Waals surface area contributed by atoms with E-state index in [0.29, 0.717) is 12.2 Å². The highest BCUT2D eigenvalue weighted by Crippen LogP contribution is 2.23. The minimum Gasteiger partial charge on any atom is -0.489 e. The predicted molar refractivity (Wildman–Crippen MR) is 75.6 cm³/mol. The number of halogens is 3. The molecule has 2 rings (SSSR count). The molecule has 0 radical (unpaired) electrons. The number of rotatable bonds is 5. The number of hydrogen-bond acceptors (Lipinski definition) is 2. The first-order valence-electron chi connectivity index (χ1n) is 6.07. The monoisotopic (exact) mass is 342 g/mol. The second-order valence-corrected chi connectivity index (χ2v) is 5.08. The lowest BCUT2D eigenvalue weighted by molar-refractivity contribution is 0.291. The van der Waals surface area contributed by atoms with Crippen LogP contribution < -0.4 is 4.74 Å². The molecule has 0 aliphatic rings. The maximum Gasteiger partial charge on any atom is 0.146 e. The Balaban J connectivity index is 2.07. The fourth-order valence-corrected chi connectivity index (χ4v) is 2.11. The van der Waals surface area contributed by atoms with Crippen LogP contribution in [0.25, 0.3) is 0 Å². The fourth-order valence-electron chi connectivity index (χ4n) is 1.74. The fraction of sp³-hybridized carbons (Fsp3) is 0.200. The molecule has 0 heterocycles. The van der Waals surface area contributed by atoms with Gasteiger partial charge in [-0.15, -0.1) is 0 Å². The smallest absolute Gasteiger partial charge is 0.146 e. The van der Waals surface area contributed by atoms with Gasteiger partial charge in [0.1, 0.15) is 24.0 Å². The lowest BCUT2D eigenvalue weighted by Crippen LogP contribution is -2.02. The number of hydrogen-bond donors (Lipinski definition) is 1. The van der Waals surface area contributed by atoms with Crippen LogP contribution in [0.5, 0.6) is 5.75 Å². The van der Waals surface area contributed by atoms with Crippen molar-refractivity contribution in [3.05, 3.63) is 63.6 Å². The highest BCUT2D eigenvalue weighted by molar-refractivity contribution is 9.10. The Labute approximate surface area is 124 Å². The first kappa shape index (κ1) is 14.9. The zero-order valence-corrected chi connectivity index (χ0v) is 12.2. The highest BCUT2D eigenvalue weighted by atomic mass is 79.9. The quantitative estimate of drug-likeness (QED) is 0.836. The topological polar surface area (TPSA) is 29.5 Å². The average molecular weight is 343 g/mol. The molecule has 0 aliphatic heterocycles. The third-order valence-corrected chi connectivity index (χ3v) is 3.46. The molecule has 2 aromatic rings. The van der Waals surface area contributed by atoms with Crippen LogP contribution in [0.1, 0.15) is 11.1 Å². The summed E-state index contributed by atoms with van der Waals surface area (Å²) >= 11 is 3.01. The Morgan fingerprint density at radius 3 is 2.40 bits per heavy atom. The van der Waals surface area contributed by atoms with Crippen LogP contribution in [-0.2, 0) is 13.0 Å². The molecule has 0 fully saturated rings. The van der Waals surface area contributed by atoms with Gasteiger partial charge in [0.05, 0.1) is 10.0 Å². The third kappa shape index (κ3) is 3.55. The number of aliphatic hydroxyl groups excluding tert-OH is 1. The molecule has 2 aromatic carbocycles. The summed E-state index contributed by atoms with van der Waals surface area (Å²) in [6.07, 6.45) is 0.565. The van der Waals surface area contributed by atoms with E-state index in [0.717, 1.165) is 5.56 Å². The molecule has 2 nitrogen and oxygen atoms in total. The molecule has 106 valence electrons. The number of aliphatic hydroxyl groups is 1. The van der Waals surface area contributed by atoms with Crippen molar-refractivity contribution in [2.75, 3.05) is 6.61 Å². The molecule has 0 saturated carbocycles. The maximum atomic E-state index is 13.7. The summed E-state index contributed by atoms with van der Waals surface area (Å²) < 4.78 is 32.8. The largest absolute Gasteiger partial charge is 0.489 e. The molecule has 0 aromatic heterocycles. The first-order chi connectivity index (χ1) is 9.61. The van der Waals surface area contributed by atoms with Crippen molar-refractivity contribution in [2.45, 2.75) is 13.0 Å². The van der Waals surface area contributed by atoms with Crippen molar-refractivity contribution in [2.24, 2.45) is 0 Å². The molecule has 0 aliphatic carbocycles. The summed E-state index contributed by atoms with van der Waals surface area (Å²) in [6, 6.07) is 9.53. The average Bonchev–Trinajstić information content (AvgIpc) is 2.45. The SMILES string of the molecule is OCCc1ccc(OCc2c(F)ccc(Br)c2F)cc1. The Morgan fingerprint density at radius 1 is 1.05 bits per heavy atom. The molecule has 0 spiro atoms. The molecule has 0 bridgehead atoms. The minimum atomic E-state index is -0.651. The number of benzene rings is 2. The van der Waals surface area contributed by atoms with Crippen molar-refractivity contribution in [1.82, 2.24) is 0 Å². The van der Waals surface area contributed by atoms with Gasteiger partial charge in [-0.1, -0.05) is 12.1 Å². The zero-order chi connectivity index (χ0) is 14.5. The zero-order valence-electron chi connectivity index (χ0n) is 10.6. The first-order valence-corrected chi connectivity index (χ1v) is 6.86. The molecule has 0 amide bonds. The lowest BCUT2D eigenvalue weighted by atomic mass is 10.1. The summed E-state index contributed by atoms with van der Waals surface area (Å²) in [5.74, 6) is -0.769. The summed E-state index contributed by atoms with van der Waals surface area (Å²) in [5, 5.41) is 8.81. The van der Waals surface area contributed by atoms with E-state index >= 15 is 0 Å². The van der Waals surface area contributed by atoms with Gasteiger partial charge in [0, 0.05) is 6.61 Å². The van der Waals surface area contributed by atoms with E-state index in [9.17, 15) is 8.78 Å². The van der Waals surface area contributed by atoms with Crippen LogP contribution in [0.3, 0.4) is 0 Å². The van der Waals surface area contributed by atoms with E-state index < -0.39 is 11.6 Å². The van der Waals surface area contributed by atoms with Gasteiger partial charge in [-0.25, -0.2) is 8.78 Å². The molecule has 1 N–H and O–H groups in total. The van der Waals surface area contributed by atoms with E-state index in [2.05, 4.69) is 15.9 Å². The Kier molecular flexibility index (Phi) is 5.09. The van der Waals surface area contributed by atoms with Crippen LogP contribution in [-0.4, -0.2) is 11.7 Å². The lowest BCUT2D eigenvalue weighted by Gasteiger charge is -2.09.